The minimum atomic E-state index is 0.425. The van der Waals surface area contributed by atoms with E-state index in [1.54, 1.807) is 6.21 Å². The molecule has 1 aromatic heterocycles. The second-order valence-electron chi connectivity index (χ2n) is 7.40. The Labute approximate surface area is 180 Å². The molecule has 2 aliphatic rings. The van der Waals surface area contributed by atoms with Crippen molar-refractivity contribution in [3.8, 4) is 0 Å². The third-order valence-electron chi connectivity index (χ3n) is 5.39. The predicted molar refractivity (Wildman–Crippen MR) is 121 cm³/mol. The van der Waals surface area contributed by atoms with Gasteiger partial charge in [0.25, 0.3) is 0 Å². The number of nitrogens with zero attached hydrogens (tertiary/aromatic N) is 6. The lowest BCUT2D eigenvalue weighted by atomic mass is 10.1. The molecule has 0 radical (unpaired) electrons. The number of benzene rings is 2. The summed E-state index contributed by atoms with van der Waals surface area (Å²) in [7, 11) is 0. The molecule has 160 valence electrons. The fourth-order valence-corrected chi connectivity index (χ4v) is 3.74. The molecule has 2 aliphatic heterocycles. The Balaban J connectivity index is 1.41. The Kier molecular flexibility index (Phi) is 5.85. The molecular formula is C22H25N7O2. The first-order chi connectivity index (χ1) is 15.4. The second kappa shape index (κ2) is 9.23. The molecule has 5 rings (SSSR count). The molecule has 3 aromatic rings. The van der Waals surface area contributed by atoms with Crippen LogP contribution < -0.4 is 15.2 Å². The molecule has 0 spiro atoms. The first kappa shape index (κ1) is 19.7. The van der Waals surface area contributed by atoms with Crippen molar-refractivity contribution in [1.29, 1.82) is 0 Å². The summed E-state index contributed by atoms with van der Waals surface area (Å²) in [6, 6.07) is 14.4. The largest absolute Gasteiger partial charge is 0.378 e. The van der Waals surface area contributed by atoms with Crippen molar-refractivity contribution in [1.82, 2.24) is 15.0 Å². The average Bonchev–Trinajstić information content (AvgIpc) is 2.85. The highest BCUT2D eigenvalue weighted by Crippen LogP contribution is 2.19. The molecular weight excluding hydrogens is 394 g/mol. The van der Waals surface area contributed by atoms with Crippen molar-refractivity contribution >= 4 is 34.8 Å². The van der Waals surface area contributed by atoms with Gasteiger partial charge in [-0.25, -0.2) is 5.43 Å². The van der Waals surface area contributed by atoms with Crippen molar-refractivity contribution in [2.24, 2.45) is 5.10 Å². The molecule has 0 atom stereocenters. The molecule has 0 bridgehead atoms. The Bertz CT molecular complexity index is 1020. The fraction of sp³-hybridized carbons (Fsp3) is 0.364. The molecule has 0 saturated carbocycles. The van der Waals surface area contributed by atoms with Crippen molar-refractivity contribution in [3.63, 3.8) is 0 Å². The summed E-state index contributed by atoms with van der Waals surface area (Å²) in [5, 5.41) is 6.74. The van der Waals surface area contributed by atoms with Gasteiger partial charge >= 0.3 is 0 Å². The Morgan fingerprint density at radius 1 is 0.774 bits per heavy atom. The third kappa shape index (κ3) is 4.57. The molecule has 2 aromatic carbocycles. The first-order valence-electron chi connectivity index (χ1n) is 10.6. The number of morpholine rings is 2. The van der Waals surface area contributed by atoms with Crippen LogP contribution in [0.1, 0.15) is 5.56 Å². The lowest BCUT2D eigenvalue weighted by Gasteiger charge is -2.30. The van der Waals surface area contributed by atoms with Crippen molar-refractivity contribution in [2.45, 2.75) is 0 Å². The highest BCUT2D eigenvalue weighted by molar-refractivity contribution is 5.99. The molecule has 0 aliphatic carbocycles. The van der Waals surface area contributed by atoms with Gasteiger partial charge in [-0.05, 0) is 10.8 Å². The first-order valence-corrected chi connectivity index (χ1v) is 10.6. The maximum atomic E-state index is 5.47. The standard InChI is InChI=1S/C22H25N7O2/c1-2-7-19-17(4-1)5-3-6-18(19)16-23-27-20-24-21(28-8-12-30-13-9-28)26-22(25-20)29-10-14-31-15-11-29/h1-7,16H,8-15H2,(H,24,25,26,27)/b23-16+. The fourth-order valence-electron chi connectivity index (χ4n) is 3.74. The SMILES string of the molecule is C(=N\Nc1nc(N2CCOCC2)nc(N2CCOCC2)n1)/c1cccc2ccccc12. The molecule has 9 nitrogen and oxygen atoms in total. The molecule has 0 unspecified atom stereocenters. The summed E-state index contributed by atoms with van der Waals surface area (Å²) >= 11 is 0. The minimum Gasteiger partial charge on any atom is -0.378 e. The van der Waals surface area contributed by atoms with Gasteiger partial charge in [-0.15, -0.1) is 0 Å². The molecule has 3 heterocycles. The zero-order valence-electron chi connectivity index (χ0n) is 17.3. The Morgan fingerprint density at radius 3 is 2.06 bits per heavy atom. The van der Waals surface area contributed by atoms with Gasteiger partial charge in [0.15, 0.2) is 0 Å². The van der Waals surface area contributed by atoms with Crippen LogP contribution in [-0.2, 0) is 9.47 Å². The lowest BCUT2D eigenvalue weighted by Crippen LogP contribution is -2.40. The van der Waals surface area contributed by atoms with Gasteiger partial charge in [0.2, 0.25) is 17.8 Å². The summed E-state index contributed by atoms with van der Waals surface area (Å²) in [5.74, 6) is 1.71. The number of hydrogen-bond donors (Lipinski definition) is 1. The Hall–Kier alpha value is -3.30. The summed E-state index contributed by atoms with van der Waals surface area (Å²) in [4.78, 5) is 18.2. The molecule has 0 amide bonds. The summed E-state index contributed by atoms with van der Waals surface area (Å²) in [6.45, 7) is 5.69. The minimum absolute atomic E-state index is 0.425. The van der Waals surface area contributed by atoms with Crippen molar-refractivity contribution in [2.75, 3.05) is 67.8 Å². The van der Waals surface area contributed by atoms with E-state index in [9.17, 15) is 0 Å². The number of hydrogen-bond acceptors (Lipinski definition) is 9. The highest BCUT2D eigenvalue weighted by atomic mass is 16.5. The molecule has 2 saturated heterocycles. The number of nitrogens with one attached hydrogen (secondary N) is 1. The average molecular weight is 419 g/mol. The van der Waals surface area contributed by atoms with Gasteiger partial charge in [-0.2, -0.15) is 20.1 Å². The smallest absolute Gasteiger partial charge is 0.250 e. The van der Waals surface area contributed by atoms with Crippen LogP contribution >= 0.6 is 0 Å². The maximum absolute atomic E-state index is 5.47. The monoisotopic (exact) mass is 419 g/mol. The van der Waals surface area contributed by atoms with Gasteiger partial charge in [0.05, 0.1) is 32.6 Å². The molecule has 9 heteroatoms. The molecule has 1 N–H and O–H groups in total. The van der Waals surface area contributed by atoms with E-state index in [1.165, 1.54) is 5.39 Å². The summed E-state index contributed by atoms with van der Waals surface area (Å²) in [6.07, 6.45) is 1.80. The molecule has 2 fully saturated rings. The van der Waals surface area contributed by atoms with E-state index in [4.69, 9.17) is 14.5 Å². The van der Waals surface area contributed by atoms with Crippen LogP contribution in [0.15, 0.2) is 47.6 Å². The second-order valence-corrected chi connectivity index (χ2v) is 7.40. The summed E-state index contributed by atoms with van der Waals surface area (Å²) in [5.41, 5.74) is 4.04. The van der Waals surface area contributed by atoms with Gasteiger partial charge in [0.1, 0.15) is 0 Å². The highest BCUT2D eigenvalue weighted by Gasteiger charge is 2.20. The number of rotatable bonds is 5. The molecule has 31 heavy (non-hydrogen) atoms. The van der Waals surface area contributed by atoms with E-state index in [2.05, 4.69) is 48.5 Å². The van der Waals surface area contributed by atoms with E-state index >= 15 is 0 Å². The van der Waals surface area contributed by atoms with Gasteiger partial charge < -0.3 is 19.3 Å². The number of hydrazone groups is 1. The number of anilines is 3. The van der Waals surface area contributed by atoms with Crippen LogP contribution in [0.25, 0.3) is 10.8 Å². The van der Waals surface area contributed by atoms with Crippen molar-refractivity contribution < 1.29 is 9.47 Å². The van der Waals surface area contributed by atoms with E-state index in [0.29, 0.717) is 44.3 Å². The normalized spacial score (nSPS) is 17.4. The lowest BCUT2D eigenvalue weighted by molar-refractivity contribution is 0.121. The zero-order chi connectivity index (χ0) is 20.9. The van der Waals surface area contributed by atoms with Crippen LogP contribution in [0.3, 0.4) is 0 Å². The van der Waals surface area contributed by atoms with Gasteiger partial charge in [-0.3, -0.25) is 0 Å². The van der Waals surface area contributed by atoms with Gasteiger partial charge in [0, 0.05) is 31.7 Å². The topological polar surface area (TPSA) is 88.0 Å². The maximum Gasteiger partial charge on any atom is 0.250 e. The van der Waals surface area contributed by atoms with Gasteiger partial charge in [-0.1, -0.05) is 42.5 Å². The Morgan fingerprint density at radius 2 is 1.39 bits per heavy atom. The number of fused-ring (bicyclic) bond motifs is 1. The number of ether oxygens (including phenoxy) is 2. The van der Waals surface area contributed by atoms with Crippen LogP contribution in [0.4, 0.5) is 17.8 Å². The zero-order valence-corrected chi connectivity index (χ0v) is 17.3. The van der Waals surface area contributed by atoms with Crippen LogP contribution in [-0.4, -0.2) is 73.8 Å². The van der Waals surface area contributed by atoms with E-state index in [1.807, 2.05) is 24.3 Å². The van der Waals surface area contributed by atoms with Crippen LogP contribution in [0, 0.1) is 0 Å². The number of aromatic nitrogens is 3. The van der Waals surface area contributed by atoms with E-state index in [0.717, 1.165) is 37.1 Å². The predicted octanol–water partition coefficient (Wildman–Crippen LogP) is 2.14. The van der Waals surface area contributed by atoms with E-state index < -0.39 is 0 Å². The van der Waals surface area contributed by atoms with E-state index in [-0.39, 0.29) is 0 Å². The van der Waals surface area contributed by atoms with Crippen LogP contribution in [0.2, 0.25) is 0 Å². The van der Waals surface area contributed by atoms with Crippen LogP contribution in [0.5, 0.6) is 0 Å². The summed E-state index contributed by atoms with van der Waals surface area (Å²) < 4.78 is 10.9. The quantitative estimate of drug-likeness (QED) is 0.497. The van der Waals surface area contributed by atoms with Crippen molar-refractivity contribution in [3.05, 3.63) is 48.0 Å². The third-order valence-corrected chi connectivity index (χ3v) is 5.39.